The van der Waals surface area contributed by atoms with Gasteiger partial charge in [0.2, 0.25) is 5.82 Å². The standard InChI is InChI=1S/C25H21N7O3/c1-34-19-13-18(14-20(15-19)35-2)28-25(33)27-17-7-5-6-16(12-17)21-9-10-23-29-30-24(32(23)31-21)22-8-3-4-11-26-22/h3-15H,1-2H3,(H2,27,28,33). The highest BCUT2D eigenvalue weighted by atomic mass is 16.5. The summed E-state index contributed by atoms with van der Waals surface area (Å²) in [6, 6.07) is 21.4. The molecule has 0 aliphatic heterocycles. The fourth-order valence-electron chi connectivity index (χ4n) is 3.53. The topological polar surface area (TPSA) is 116 Å². The van der Waals surface area contributed by atoms with E-state index in [1.54, 1.807) is 49.2 Å². The summed E-state index contributed by atoms with van der Waals surface area (Å²) in [5.41, 5.74) is 3.93. The van der Waals surface area contributed by atoms with E-state index in [2.05, 4.69) is 25.8 Å². The van der Waals surface area contributed by atoms with Crippen LogP contribution in [0.15, 0.2) is 79.0 Å². The zero-order chi connectivity index (χ0) is 24.2. The van der Waals surface area contributed by atoms with Crippen molar-refractivity contribution in [3.05, 3.63) is 79.0 Å². The van der Waals surface area contributed by atoms with Gasteiger partial charge in [-0.15, -0.1) is 10.2 Å². The summed E-state index contributed by atoms with van der Waals surface area (Å²) in [7, 11) is 3.10. The number of nitrogens with one attached hydrogen (secondary N) is 2. The van der Waals surface area contributed by atoms with Gasteiger partial charge in [0.05, 0.1) is 19.9 Å². The molecule has 2 aromatic carbocycles. The molecular formula is C25H21N7O3. The number of carbonyl (C=O) groups excluding carboxylic acids is 1. The molecular weight excluding hydrogens is 446 g/mol. The maximum atomic E-state index is 12.6. The van der Waals surface area contributed by atoms with Crippen LogP contribution in [0.1, 0.15) is 0 Å². The first-order valence-electron chi connectivity index (χ1n) is 10.7. The van der Waals surface area contributed by atoms with Crippen molar-refractivity contribution in [1.29, 1.82) is 0 Å². The predicted octanol–water partition coefficient (Wildman–Crippen LogP) is 4.51. The quantitative estimate of drug-likeness (QED) is 0.377. The highest BCUT2D eigenvalue weighted by Crippen LogP contribution is 2.26. The van der Waals surface area contributed by atoms with Crippen LogP contribution in [0.2, 0.25) is 0 Å². The molecule has 0 atom stereocenters. The van der Waals surface area contributed by atoms with Gasteiger partial charge < -0.3 is 20.1 Å². The molecule has 10 heteroatoms. The SMILES string of the molecule is COc1cc(NC(=O)Nc2cccc(-c3ccc4nnc(-c5ccccn5)n4n3)c2)cc(OC)c1. The van der Waals surface area contributed by atoms with Crippen LogP contribution in [0.4, 0.5) is 16.2 Å². The zero-order valence-electron chi connectivity index (χ0n) is 19.0. The van der Waals surface area contributed by atoms with E-state index in [0.29, 0.717) is 45.7 Å². The lowest BCUT2D eigenvalue weighted by molar-refractivity contribution is 0.262. The van der Waals surface area contributed by atoms with E-state index < -0.39 is 6.03 Å². The van der Waals surface area contributed by atoms with Crippen molar-refractivity contribution in [2.24, 2.45) is 0 Å². The fraction of sp³-hybridized carbons (Fsp3) is 0.0800. The van der Waals surface area contributed by atoms with Crippen LogP contribution in [0.3, 0.4) is 0 Å². The highest BCUT2D eigenvalue weighted by Gasteiger charge is 2.12. The van der Waals surface area contributed by atoms with Gasteiger partial charge >= 0.3 is 6.03 Å². The van der Waals surface area contributed by atoms with Crippen molar-refractivity contribution < 1.29 is 14.3 Å². The molecule has 10 nitrogen and oxygen atoms in total. The summed E-state index contributed by atoms with van der Waals surface area (Å²) < 4.78 is 12.2. The molecule has 0 unspecified atom stereocenters. The average molecular weight is 467 g/mol. The Morgan fingerprint density at radius 3 is 2.34 bits per heavy atom. The van der Waals surface area contributed by atoms with Crippen molar-refractivity contribution in [3.8, 4) is 34.3 Å². The van der Waals surface area contributed by atoms with Gasteiger partial charge in [0.15, 0.2) is 5.65 Å². The number of nitrogens with zero attached hydrogens (tertiary/aromatic N) is 5. The Balaban J connectivity index is 1.38. The average Bonchev–Trinajstić information content (AvgIpc) is 3.32. The molecule has 2 amide bonds. The summed E-state index contributed by atoms with van der Waals surface area (Å²) in [6.07, 6.45) is 1.70. The summed E-state index contributed by atoms with van der Waals surface area (Å²) in [5.74, 6) is 1.69. The number of aromatic nitrogens is 5. The molecule has 2 N–H and O–H groups in total. The lowest BCUT2D eigenvalue weighted by atomic mass is 10.1. The molecule has 0 radical (unpaired) electrons. The lowest BCUT2D eigenvalue weighted by Crippen LogP contribution is -2.19. The Kier molecular flexibility index (Phi) is 5.91. The number of hydrogen-bond donors (Lipinski definition) is 2. The predicted molar refractivity (Wildman–Crippen MR) is 132 cm³/mol. The number of rotatable bonds is 6. The van der Waals surface area contributed by atoms with Gasteiger partial charge in [-0.1, -0.05) is 18.2 Å². The van der Waals surface area contributed by atoms with Crippen molar-refractivity contribution in [2.45, 2.75) is 0 Å². The molecule has 0 saturated heterocycles. The first-order chi connectivity index (χ1) is 17.1. The van der Waals surface area contributed by atoms with Gasteiger partial charge in [0.25, 0.3) is 0 Å². The molecule has 0 fully saturated rings. The summed E-state index contributed by atoms with van der Waals surface area (Å²) in [5, 5.41) is 18.7. The van der Waals surface area contributed by atoms with Crippen LogP contribution >= 0.6 is 0 Å². The number of carbonyl (C=O) groups is 1. The third-order valence-electron chi connectivity index (χ3n) is 5.18. The minimum atomic E-state index is -0.405. The normalized spacial score (nSPS) is 10.7. The smallest absolute Gasteiger partial charge is 0.323 e. The Morgan fingerprint density at radius 2 is 1.60 bits per heavy atom. The van der Waals surface area contributed by atoms with Crippen LogP contribution in [-0.2, 0) is 0 Å². The number of ether oxygens (including phenoxy) is 2. The van der Waals surface area contributed by atoms with Gasteiger partial charge in [-0.25, -0.2) is 4.79 Å². The third-order valence-corrected chi connectivity index (χ3v) is 5.18. The van der Waals surface area contributed by atoms with Crippen LogP contribution < -0.4 is 20.1 Å². The van der Waals surface area contributed by atoms with Gasteiger partial charge in [0.1, 0.15) is 17.2 Å². The third kappa shape index (κ3) is 4.71. The fourth-order valence-corrected chi connectivity index (χ4v) is 3.53. The number of fused-ring (bicyclic) bond motifs is 1. The van der Waals surface area contributed by atoms with E-state index >= 15 is 0 Å². The molecule has 5 rings (SSSR count). The van der Waals surface area contributed by atoms with E-state index in [0.717, 1.165) is 5.56 Å². The molecule has 0 bridgehead atoms. The Labute approximate surface area is 200 Å². The van der Waals surface area contributed by atoms with E-state index in [4.69, 9.17) is 14.6 Å². The Morgan fingerprint density at radius 1 is 0.800 bits per heavy atom. The molecule has 3 heterocycles. The summed E-state index contributed by atoms with van der Waals surface area (Å²) >= 11 is 0. The number of urea groups is 1. The number of anilines is 2. The zero-order valence-corrected chi connectivity index (χ0v) is 19.0. The van der Waals surface area contributed by atoms with E-state index in [1.807, 2.05) is 48.5 Å². The molecule has 0 spiro atoms. The van der Waals surface area contributed by atoms with Crippen molar-refractivity contribution in [3.63, 3.8) is 0 Å². The summed E-state index contributed by atoms with van der Waals surface area (Å²) in [6.45, 7) is 0. The number of benzene rings is 2. The molecule has 5 aromatic rings. The summed E-state index contributed by atoms with van der Waals surface area (Å²) in [4.78, 5) is 17.0. The number of pyridine rings is 1. The minimum Gasteiger partial charge on any atom is -0.497 e. The first-order valence-corrected chi connectivity index (χ1v) is 10.7. The van der Waals surface area contributed by atoms with E-state index in [1.165, 1.54) is 0 Å². The largest absolute Gasteiger partial charge is 0.497 e. The van der Waals surface area contributed by atoms with E-state index in [9.17, 15) is 4.79 Å². The number of hydrogen-bond acceptors (Lipinski definition) is 7. The number of amides is 2. The van der Waals surface area contributed by atoms with Gasteiger partial charge in [0, 0.05) is 41.3 Å². The second-order valence-electron chi connectivity index (χ2n) is 7.49. The monoisotopic (exact) mass is 467 g/mol. The molecule has 0 aliphatic carbocycles. The maximum Gasteiger partial charge on any atom is 0.323 e. The van der Waals surface area contributed by atoms with E-state index in [-0.39, 0.29) is 0 Å². The van der Waals surface area contributed by atoms with Crippen molar-refractivity contribution in [1.82, 2.24) is 24.8 Å². The second-order valence-corrected chi connectivity index (χ2v) is 7.49. The van der Waals surface area contributed by atoms with Crippen molar-refractivity contribution in [2.75, 3.05) is 24.9 Å². The van der Waals surface area contributed by atoms with Crippen molar-refractivity contribution >= 4 is 23.1 Å². The highest BCUT2D eigenvalue weighted by molar-refractivity contribution is 6.00. The second kappa shape index (κ2) is 9.48. The molecule has 0 saturated carbocycles. The molecule has 174 valence electrons. The Hall–Kier alpha value is -4.99. The van der Waals surface area contributed by atoms with Crippen LogP contribution in [-0.4, -0.2) is 45.0 Å². The van der Waals surface area contributed by atoms with Gasteiger partial charge in [-0.3, -0.25) is 4.98 Å². The van der Waals surface area contributed by atoms with Crippen LogP contribution in [0, 0.1) is 0 Å². The first kappa shape index (κ1) is 21.8. The number of methoxy groups -OCH3 is 2. The minimum absolute atomic E-state index is 0.405. The molecule has 0 aliphatic rings. The van der Waals surface area contributed by atoms with Crippen LogP contribution in [0.5, 0.6) is 11.5 Å². The van der Waals surface area contributed by atoms with Crippen LogP contribution in [0.25, 0.3) is 28.4 Å². The Bertz CT molecular complexity index is 1480. The van der Waals surface area contributed by atoms with Gasteiger partial charge in [-0.2, -0.15) is 9.61 Å². The lowest BCUT2D eigenvalue weighted by Gasteiger charge is -2.11. The molecule has 35 heavy (non-hydrogen) atoms. The maximum absolute atomic E-state index is 12.6. The molecule has 3 aromatic heterocycles. The van der Waals surface area contributed by atoms with Gasteiger partial charge in [-0.05, 0) is 36.4 Å².